The predicted octanol–water partition coefficient (Wildman–Crippen LogP) is 5.27. The number of anilines is 1. The van der Waals surface area contributed by atoms with Gasteiger partial charge in [-0.2, -0.15) is 0 Å². The van der Waals surface area contributed by atoms with Gasteiger partial charge < -0.3 is 15.0 Å². The maximum absolute atomic E-state index is 14.1. The molecule has 3 rings (SSSR count). The van der Waals surface area contributed by atoms with Crippen LogP contribution < -0.4 is 14.4 Å². The van der Waals surface area contributed by atoms with Crippen LogP contribution in [-0.2, 0) is 26.2 Å². The Morgan fingerprint density at radius 2 is 1.62 bits per heavy atom. The van der Waals surface area contributed by atoms with E-state index in [1.807, 2.05) is 33.8 Å². The van der Waals surface area contributed by atoms with Crippen molar-refractivity contribution in [2.45, 2.75) is 57.1 Å². The number of hydrogen-bond acceptors (Lipinski definition) is 5. The highest BCUT2D eigenvalue weighted by Gasteiger charge is 2.35. The summed E-state index contributed by atoms with van der Waals surface area (Å²) in [6.07, 6.45) is 0.315. The second kappa shape index (κ2) is 13.2. The van der Waals surface area contributed by atoms with E-state index in [1.54, 1.807) is 67.8 Å². The average molecular weight is 586 g/mol. The molecule has 0 aliphatic rings. The maximum Gasteiger partial charge on any atom is 0.264 e. The first-order valence-corrected chi connectivity index (χ1v) is 14.8. The van der Waals surface area contributed by atoms with Gasteiger partial charge in [0.2, 0.25) is 11.8 Å². The molecule has 3 aromatic rings. The molecule has 0 aliphatic heterocycles. The number of carbonyl (C=O) groups excluding carboxylic acids is 2. The summed E-state index contributed by atoms with van der Waals surface area (Å²) in [6.45, 7) is 6.88. The molecule has 8 nitrogen and oxygen atoms in total. The second-order valence-electron chi connectivity index (χ2n) is 10.3. The molecule has 1 atom stereocenters. The van der Waals surface area contributed by atoms with Crippen molar-refractivity contribution in [2.24, 2.45) is 0 Å². The number of nitrogens with zero attached hydrogens (tertiary/aromatic N) is 2. The zero-order valence-corrected chi connectivity index (χ0v) is 25.0. The highest BCUT2D eigenvalue weighted by molar-refractivity contribution is 7.92. The third-order valence-corrected chi connectivity index (χ3v) is 8.20. The lowest BCUT2D eigenvalue weighted by Gasteiger charge is -2.35. The fourth-order valence-corrected chi connectivity index (χ4v) is 5.97. The molecule has 40 heavy (non-hydrogen) atoms. The van der Waals surface area contributed by atoms with Crippen LogP contribution in [0.25, 0.3) is 0 Å². The smallest absolute Gasteiger partial charge is 0.264 e. The fraction of sp³-hybridized carbons (Fsp3) is 0.333. The topological polar surface area (TPSA) is 96.0 Å². The molecule has 0 aliphatic carbocycles. The minimum atomic E-state index is -4.19. The van der Waals surface area contributed by atoms with E-state index >= 15 is 0 Å². The zero-order valence-electron chi connectivity index (χ0n) is 23.4. The number of methoxy groups -OCH3 is 1. The molecule has 0 saturated heterocycles. The number of benzene rings is 3. The third kappa shape index (κ3) is 7.76. The lowest BCUT2D eigenvalue weighted by Crippen LogP contribution is -2.55. The predicted molar refractivity (Wildman–Crippen MR) is 158 cm³/mol. The van der Waals surface area contributed by atoms with Gasteiger partial charge >= 0.3 is 0 Å². The van der Waals surface area contributed by atoms with E-state index in [-0.39, 0.29) is 28.1 Å². The van der Waals surface area contributed by atoms with Crippen LogP contribution in [0.2, 0.25) is 5.02 Å². The van der Waals surface area contributed by atoms with Crippen molar-refractivity contribution in [3.8, 4) is 5.75 Å². The molecular weight excluding hydrogens is 550 g/mol. The summed E-state index contributed by atoms with van der Waals surface area (Å²) < 4.78 is 34.0. The summed E-state index contributed by atoms with van der Waals surface area (Å²) in [5, 5.41) is 3.13. The van der Waals surface area contributed by atoms with E-state index in [0.717, 1.165) is 9.87 Å². The van der Waals surface area contributed by atoms with Crippen molar-refractivity contribution >= 4 is 39.1 Å². The summed E-state index contributed by atoms with van der Waals surface area (Å²) in [4.78, 5) is 28.9. The minimum absolute atomic E-state index is 0.0135. The van der Waals surface area contributed by atoms with Gasteiger partial charge in [-0.15, -0.1) is 0 Å². The Bertz CT molecular complexity index is 1420. The number of halogens is 1. The Balaban J connectivity index is 2.08. The monoisotopic (exact) mass is 585 g/mol. The van der Waals surface area contributed by atoms with Crippen molar-refractivity contribution < 1.29 is 22.7 Å². The molecule has 0 aromatic heterocycles. The number of hydrogen-bond donors (Lipinski definition) is 1. The van der Waals surface area contributed by atoms with E-state index in [4.69, 9.17) is 16.3 Å². The van der Waals surface area contributed by atoms with Crippen molar-refractivity contribution in [1.29, 1.82) is 0 Å². The van der Waals surface area contributed by atoms with Crippen molar-refractivity contribution in [2.75, 3.05) is 18.0 Å². The molecule has 0 spiro atoms. The molecule has 3 aromatic carbocycles. The van der Waals surface area contributed by atoms with Gasteiger partial charge in [-0.1, -0.05) is 61.0 Å². The number of rotatable bonds is 11. The van der Waals surface area contributed by atoms with Crippen molar-refractivity contribution in [3.05, 3.63) is 89.4 Å². The van der Waals surface area contributed by atoms with Crippen LogP contribution in [0.5, 0.6) is 5.75 Å². The molecule has 214 valence electrons. The Morgan fingerprint density at radius 3 is 2.23 bits per heavy atom. The standard InChI is InChI=1S/C30H36ClN3O5S/c1-6-26(29(36)32-30(2,3)4)33(20-22-13-12-14-23(19-22)39-5)28(35)21-34(27-18-11-10-17-25(27)31)40(37,38)24-15-8-7-9-16-24/h7-19,26H,6,20-21H2,1-5H3,(H,32,36)/t26-/m0/s1. The van der Waals surface area contributed by atoms with Gasteiger partial charge in [-0.05, 0) is 69.2 Å². The first kappa shape index (κ1) is 31.0. The molecule has 0 saturated carbocycles. The number of nitrogens with one attached hydrogen (secondary N) is 1. The first-order valence-electron chi connectivity index (χ1n) is 12.9. The fourth-order valence-electron chi connectivity index (χ4n) is 4.23. The molecule has 0 bridgehead atoms. The summed E-state index contributed by atoms with van der Waals surface area (Å²) in [5.41, 5.74) is 0.356. The van der Waals surface area contributed by atoms with Crippen LogP contribution in [0.15, 0.2) is 83.8 Å². The molecular formula is C30H36ClN3O5S. The van der Waals surface area contributed by atoms with Gasteiger partial charge in [0.15, 0.2) is 0 Å². The SMILES string of the molecule is CC[C@@H](C(=O)NC(C)(C)C)N(Cc1cccc(OC)c1)C(=O)CN(c1ccccc1Cl)S(=O)(=O)c1ccccc1. The summed E-state index contributed by atoms with van der Waals surface area (Å²) in [6, 6.07) is 20.6. The van der Waals surface area contributed by atoms with Gasteiger partial charge in [-0.3, -0.25) is 13.9 Å². The Kier molecular flexibility index (Phi) is 10.2. The van der Waals surface area contributed by atoms with E-state index in [1.165, 1.54) is 17.0 Å². The van der Waals surface area contributed by atoms with Crippen molar-refractivity contribution in [1.82, 2.24) is 10.2 Å². The Morgan fingerprint density at radius 1 is 0.975 bits per heavy atom. The number of sulfonamides is 1. The van der Waals surface area contributed by atoms with Crippen molar-refractivity contribution in [3.63, 3.8) is 0 Å². The molecule has 0 unspecified atom stereocenters. The number of para-hydroxylation sites is 1. The number of amides is 2. The largest absolute Gasteiger partial charge is 0.497 e. The lowest BCUT2D eigenvalue weighted by atomic mass is 10.1. The van der Waals surface area contributed by atoms with Crippen LogP contribution in [0, 0.1) is 0 Å². The van der Waals surface area contributed by atoms with Crippen LogP contribution in [-0.4, -0.2) is 50.4 Å². The van der Waals surface area contributed by atoms with Crippen LogP contribution in [0.4, 0.5) is 5.69 Å². The quantitative estimate of drug-likeness (QED) is 0.331. The molecule has 2 amide bonds. The van der Waals surface area contributed by atoms with Crippen LogP contribution >= 0.6 is 11.6 Å². The highest BCUT2D eigenvalue weighted by atomic mass is 35.5. The zero-order chi connectivity index (χ0) is 29.5. The molecule has 0 fully saturated rings. The average Bonchev–Trinajstić information content (AvgIpc) is 2.91. The summed E-state index contributed by atoms with van der Waals surface area (Å²) in [7, 11) is -2.64. The molecule has 0 heterocycles. The molecule has 1 N–H and O–H groups in total. The summed E-state index contributed by atoms with van der Waals surface area (Å²) >= 11 is 6.44. The maximum atomic E-state index is 14.1. The second-order valence-corrected chi connectivity index (χ2v) is 12.6. The first-order chi connectivity index (χ1) is 18.9. The van der Waals surface area contributed by atoms with Crippen LogP contribution in [0.3, 0.4) is 0 Å². The van der Waals surface area contributed by atoms with E-state index in [0.29, 0.717) is 12.2 Å². The van der Waals surface area contributed by atoms with E-state index in [9.17, 15) is 18.0 Å². The normalized spacial score (nSPS) is 12.3. The van der Waals surface area contributed by atoms with Gasteiger partial charge in [-0.25, -0.2) is 8.42 Å². The lowest BCUT2D eigenvalue weighted by molar-refractivity contribution is -0.141. The molecule has 0 radical (unpaired) electrons. The van der Waals surface area contributed by atoms with Gasteiger partial charge in [0.25, 0.3) is 10.0 Å². The Hall–Kier alpha value is -3.56. The molecule has 10 heteroatoms. The Labute approximate surface area is 241 Å². The minimum Gasteiger partial charge on any atom is -0.497 e. The van der Waals surface area contributed by atoms with E-state index < -0.39 is 34.1 Å². The number of carbonyl (C=O) groups is 2. The van der Waals surface area contributed by atoms with Gasteiger partial charge in [0.05, 0.1) is 22.7 Å². The van der Waals surface area contributed by atoms with Gasteiger partial charge in [0, 0.05) is 12.1 Å². The van der Waals surface area contributed by atoms with Gasteiger partial charge in [0.1, 0.15) is 18.3 Å². The van der Waals surface area contributed by atoms with Crippen LogP contribution in [0.1, 0.15) is 39.7 Å². The third-order valence-electron chi connectivity index (χ3n) is 6.10. The summed E-state index contributed by atoms with van der Waals surface area (Å²) in [5.74, 6) is -0.291. The highest BCUT2D eigenvalue weighted by Crippen LogP contribution is 2.31. The van der Waals surface area contributed by atoms with E-state index in [2.05, 4.69) is 5.32 Å². The number of ether oxygens (including phenoxy) is 1.